The van der Waals surface area contributed by atoms with E-state index in [-0.39, 0.29) is 0 Å². The van der Waals surface area contributed by atoms with Crippen molar-refractivity contribution in [3.05, 3.63) is 29.8 Å². The third-order valence-corrected chi connectivity index (χ3v) is 4.93. The summed E-state index contributed by atoms with van der Waals surface area (Å²) < 4.78 is 55.2. The van der Waals surface area contributed by atoms with Gasteiger partial charge in [0.2, 0.25) is 5.60 Å². The minimum absolute atomic E-state index is 0.396. The molecule has 0 N–H and O–H groups in total. The summed E-state index contributed by atoms with van der Waals surface area (Å²) in [5.74, 6) is 0. The predicted molar refractivity (Wildman–Crippen MR) is 61.8 cm³/mol. The zero-order valence-electron chi connectivity index (χ0n) is 9.95. The van der Waals surface area contributed by atoms with Gasteiger partial charge in [0.15, 0.2) is 0 Å². The third-order valence-electron chi connectivity index (χ3n) is 3.17. The van der Waals surface area contributed by atoms with E-state index in [1.54, 1.807) is 24.3 Å². The van der Waals surface area contributed by atoms with Crippen LogP contribution in [-0.2, 0) is 15.5 Å². The molecule has 0 saturated carbocycles. The van der Waals surface area contributed by atoms with Gasteiger partial charge in [0.1, 0.15) is 0 Å². The largest absolute Gasteiger partial charge is 0.420 e. The Morgan fingerprint density at radius 3 is 2.22 bits per heavy atom. The highest BCUT2D eigenvalue weighted by molar-refractivity contribution is 7.85. The first-order chi connectivity index (χ1) is 8.28. The van der Waals surface area contributed by atoms with Crippen molar-refractivity contribution in [3.8, 4) is 0 Å². The van der Waals surface area contributed by atoms with E-state index < -0.39 is 34.4 Å². The second-order valence-corrected chi connectivity index (χ2v) is 6.20. The molecule has 0 bridgehead atoms. The van der Waals surface area contributed by atoms with Gasteiger partial charge in [0, 0.05) is 4.90 Å². The molecule has 0 aromatic heterocycles. The fourth-order valence-corrected chi connectivity index (χ4v) is 3.18. The summed E-state index contributed by atoms with van der Waals surface area (Å²) in [6, 6.07) is 6.64. The van der Waals surface area contributed by atoms with Gasteiger partial charge in [-0.1, -0.05) is 17.7 Å². The fraction of sp³-hybridized carbons (Fsp3) is 0.500. The quantitative estimate of drug-likeness (QED) is 0.796. The van der Waals surface area contributed by atoms with Gasteiger partial charge in [-0.05, 0) is 26.0 Å². The van der Waals surface area contributed by atoms with Crippen LogP contribution in [-0.4, -0.2) is 27.8 Å². The first kappa shape index (κ1) is 13.5. The summed E-state index contributed by atoms with van der Waals surface area (Å²) in [6.45, 7) is 2.77. The monoisotopic (exact) mass is 278 g/mol. The lowest BCUT2D eigenvalue weighted by Crippen LogP contribution is -2.44. The van der Waals surface area contributed by atoms with Crippen LogP contribution in [0.1, 0.15) is 12.5 Å². The number of hydrogen-bond acceptors (Lipinski definition) is 2. The Balaban J connectivity index is 2.22. The standard InChI is InChI=1S/C12H13F3O2S/c1-8-3-5-10(6-4-8)18(16)9(2)11(7-17-11)12(13,14)15/h3-6,9H,7H2,1-2H3/t9-,11-,18?/m0/s1. The van der Waals surface area contributed by atoms with Crippen molar-refractivity contribution in [2.24, 2.45) is 0 Å². The normalized spacial score (nSPS) is 26.7. The second kappa shape index (κ2) is 4.35. The molecule has 1 aliphatic rings. The molecule has 0 radical (unpaired) electrons. The molecule has 18 heavy (non-hydrogen) atoms. The Hall–Kier alpha value is -0.880. The Morgan fingerprint density at radius 2 is 1.83 bits per heavy atom. The van der Waals surface area contributed by atoms with Crippen LogP contribution in [0.3, 0.4) is 0 Å². The van der Waals surface area contributed by atoms with Gasteiger partial charge in [-0.15, -0.1) is 0 Å². The Morgan fingerprint density at radius 1 is 1.33 bits per heavy atom. The van der Waals surface area contributed by atoms with E-state index >= 15 is 0 Å². The summed E-state index contributed by atoms with van der Waals surface area (Å²) in [6.07, 6.45) is -4.48. The molecule has 1 heterocycles. The minimum atomic E-state index is -4.48. The smallest absolute Gasteiger partial charge is 0.359 e. The van der Waals surface area contributed by atoms with Crippen molar-refractivity contribution in [2.75, 3.05) is 6.61 Å². The highest BCUT2D eigenvalue weighted by atomic mass is 32.2. The predicted octanol–water partition coefficient (Wildman–Crippen LogP) is 2.82. The molecule has 0 aliphatic carbocycles. The number of rotatable bonds is 3. The van der Waals surface area contributed by atoms with Crippen LogP contribution in [0.25, 0.3) is 0 Å². The van der Waals surface area contributed by atoms with Gasteiger partial charge in [-0.3, -0.25) is 4.21 Å². The van der Waals surface area contributed by atoms with Crippen molar-refractivity contribution in [2.45, 2.75) is 35.8 Å². The van der Waals surface area contributed by atoms with Gasteiger partial charge in [0.05, 0.1) is 22.7 Å². The summed E-state index contributed by atoms with van der Waals surface area (Å²) >= 11 is 0. The van der Waals surface area contributed by atoms with Gasteiger partial charge >= 0.3 is 6.18 Å². The first-order valence-corrected chi connectivity index (χ1v) is 6.67. The van der Waals surface area contributed by atoms with Crippen LogP contribution >= 0.6 is 0 Å². The molecule has 0 spiro atoms. The SMILES string of the molecule is Cc1ccc(S(=O)[C@@H](C)[C@]2(C(F)(F)F)CO2)cc1. The van der Waals surface area contributed by atoms with Gasteiger partial charge in [-0.2, -0.15) is 13.2 Å². The molecule has 100 valence electrons. The zero-order valence-corrected chi connectivity index (χ0v) is 10.8. The van der Waals surface area contributed by atoms with E-state index in [2.05, 4.69) is 4.74 Å². The zero-order chi connectivity index (χ0) is 13.6. The maximum Gasteiger partial charge on any atom is 0.420 e. The average Bonchev–Trinajstić information content (AvgIpc) is 3.08. The fourth-order valence-electron chi connectivity index (χ4n) is 1.76. The molecule has 1 aromatic carbocycles. The number of hydrogen-bond donors (Lipinski definition) is 0. The lowest BCUT2D eigenvalue weighted by Gasteiger charge is -2.22. The summed E-state index contributed by atoms with van der Waals surface area (Å²) in [4.78, 5) is 0.396. The Bertz CT molecular complexity index is 463. The lowest BCUT2D eigenvalue weighted by molar-refractivity contribution is -0.182. The molecule has 1 saturated heterocycles. The number of ether oxygens (including phenoxy) is 1. The number of benzene rings is 1. The highest BCUT2D eigenvalue weighted by Gasteiger charge is 2.70. The van der Waals surface area contributed by atoms with E-state index in [0.29, 0.717) is 4.90 Å². The topological polar surface area (TPSA) is 29.6 Å². The van der Waals surface area contributed by atoms with Crippen LogP contribution in [0.4, 0.5) is 13.2 Å². The van der Waals surface area contributed by atoms with E-state index in [1.165, 1.54) is 6.92 Å². The van der Waals surface area contributed by atoms with E-state index in [0.717, 1.165) is 5.56 Å². The number of halogens is 3. The molecule has 1 unspecified atom stereocenters. The molecule has 0 amide bonds. The van der Waals surface area contributed by atoms with Gasteiger partial charge in [-0.25, -0.2) is 0 Å². The van der Waals surface area contributed by atoms with E-state index in [1.807, 2.05) is 6.92 Å². The van der Waals surface area contributed by atoms with Crippen LogP contribution in [0.15, 0.2) is 29.2 Å². The molecule has 3 atom stereocenters. The van der Waals surface area contributed by atoms with E-state index in [4.69, 9.17) is 0 Å². The molecule has 2 rings (SSSR count). The summed E-state index contributed by atoms with van der Waals surface area (Å²) in [5.41, 5.74) is -1.26. The van der Waals surface area contributed by atoms with Crippen LogP contribution in [0.2, 0.25) is 0 Å². The minimum Gasteiger partial charge on any atom is -0.359 e. The third kappa shape index (κ3) is 2.19. The van der Waals surface area contributed by atoms with Crippen molar-refractivity contribution in [1.82, 2.24) is 0 Å². The maximum atomic E-state index is 12.8. The Labute approximate surface area is 106 Å². The number of alkyl halides is 3. The first-order valence-electron chi connectivity index (χ1n) is 5.46. The average molecular weight is 278 g/mol. The summed E-state index contributed by atoms with van der Waals surface area (Å²) in [5, 5.41) is -1.11. The van der Waals surface area contributed by atoms with Crippen LogP contribution < -0.4 is 0 Å². The van der Waals surface area contributed by atoms with E-state index in [9.17, 15) is 17.4 Å². The second-order valence-electron chi connectivity index (χ2n) is 4.43. The molecule has 1 aliphatic heterocycles. The van der Waals surface area contributed by atoms with Crippen molar-refractivity contribution >= 4 is 10.8 Å². The van der Waals surface area contributed by atoms with Crippen LogP contribution in [0, 0.1) is 6.92 Å². The van der Waals surface area contributed by atoms with Crippen LogP contribution in [0.5, 0.6) is 0 Å². The van der Waals surface area contributed by atoms with Gasteiger partial charge in [0.25, 0.3) is 0 Å². The highest BCUT2D eigenvalue weighted by Crippen LogP contribution is 2.48. The Kier molecular flexibility index (Phi) is 3.27. The van der Waals surface area contributed by atoms with Crippen molar-refractivity contribution in [3.63, 3.8) is 0 Å². The van der Waals surface area contributed by atoms with Crippen molar-refractivity contribution in [1.29, 1.82) is 0 Å². The maximum absolute atomic E-state index is 12.8. The number of epoxide rings is 1. The molecule has 1 aromatic rings. The molecular weight excluding hydrogens is 265 g/mol. The number of aryl methyl sites for hydroxylation is 1. The lowest BCUT2D eigenvalue weighted by atomic mass is 10.1. The van der Waals surface area contributed by atoms with Crippen molar-refractivity contribution < 1.29 is 22.1 Å². The molecule has 6 heteroatoms. The van der Waals surface area contributed by atoms with Gasteiger partial charge < -0.3 is 4.74 Å². The molecule has 1 fully saturated rings. The summed E-state index contributed by atoms with van der Waals surface area (Å²) in [7, 11) is -1.73. The molecule has 2 nitrogen and oxygen atoms in total. The molecular formula is C12H13F3O2S.